The van der Waals surface area contributed by atoms with E-state index in [1.807, 2.05) is 31.2 Å². The van der Waals surface area contributed by atoms with Crippen LogP contribution in [0.1, 0.15) is 60.0 Å². The minimum atomic E-state index is -0.509. The molecule has 38 heavy (non-hydrogen) atoms. The van der Waals surface area contributed by atoms with Gasteiger partial charge in [0, 0.05) is 29.1 Å². The van der Waals surface area contributed by atoms with Crippen LogP contribution in [0.25, 0.3) is 5.69 Å². The summed E-state index contributed by atoms with van der Waals surface area (Å²) in [5.74, 6) is 0.443. The highest BCUT2D eigenvalue weighted by atomic mass is 32.2. The minimum absolute atomic E-state index is 0.0346. The van der Waals surface area contributed by atoms with Crippen molar-refractivity contribution in [3.63, 3.8) is 0 Å². The van der Waals surface area contributed by atoms with Crippen LogP contribution in [0.5, 0.6) is 0 Å². The highest BCUT2D eigenvalue weighted by molar-refractivity contribution is 7.98. The van der Waals surface area contributed by atoms with E-state index in [0.717, 1.165) is 24.8 Å². The van der Waals surface area contributed by atoms with Crippen molar-refractivity contribution in [1.82, 2.24) is 20.1 Å². The Morgan fingerprint density at radius 3 is 2.32 bits per heavy atom. The van der Waals surface area contributed by atoms with E-state index in [0.29, 0.717) is 28.0 Å². The molecular weight excluding hydrogens is 505 g/mol. The molecule has 0 fully saturated rings. The molecule has 0 saturated heterocycles. The third-order valence-electron chi connectivity index (χ3n) is 6.03. The summed E-state index contributed by atoms with van der Waals surface area (Å²) in [4.78, 5) is 23.7. The van der Waals surface area contributed by atoms with Crippen LogP contribution in [0.15, 0.2) is 78.0 Å². The van der Waals surface area contributed by atoms with E-state index in [1.54, 1.807) is 28.8 Å². The summed E-state index contributed by atoms with van der Waals surface area (Å²) in [5, 5.41) is 23.4. The number of aryl methyl sites for hydroxylation is 1. The summed E-state index contributed by atoms with van der Waals surface area (Å²) in [7, 11) is 0. The first-order chi connectivity index (χ1) is 18.4. The summed E-state index contributed by atoms with van der Waals surface area (Å²) >= 11 is 1.39. The first-order valence-electron chi connectivity index (χ1n) is 12.3. The van der Waals surface area contributed by atoms with Crippen LogP contribution >= 0.6 is 11.8 Å². The van der Waals surface area contributed by atoms with Crippen LogP contribution < -0.4 is 5.32 Å². The van der Waals surface area contributed by atoms with Gasteiger partial charge in [-0.1, -0.05) is 49.4 Å². The number of non-ortho nitro benzene ring substituents is 1. The molecule has 1 aromatic heterocycles. The fourth-order valence-corrected chi connectivity index (χ4v) is 4.81. The van der Waals surface area contributed by atoms with Crippen molar-refractivity contribution in [2.45, 2.75) is 50.1 Å². The third-order valence-corrected chi connectivity index (χ3v) is 7.03. The maximum atomic E-state index is 13.3. The molecule has 0 radical (unpaired) electrons. The third kappa shape index (κ3) is 6.63. The van der Waals surface area contributed by atoms with Crippen LogP contribution in [0.4, 0.5) is 10.1 Å². The van der Waals surface area contributed by atoms with E-state index < -0.39 is 11.0 Å². The molecule has 8 nitrogen and oxygen atoms in total. The zero-order valence-electron chi connectivity index (χ0n) is 21.1. The number of carbonyl (C=O) groups excluding carboxylic acids is 1. The lowest BCUT2D eigenvalue weighted by atomic mass is 10.1. The molecule has 10 heteroatoms. The van der Waals surface area contributed by atoms with E-state index in [4.69, 9.17) is 0 Å². The molecule has 0 aliphatic rings. The Morgan fingerprint density at radius 1 is 1.03 bits per heavy atom. The Kier molecular flexibility index (Phi) is 8.85. The molecule has 1 heterocycles. The lowest BCUT2D eigenvalue weighted by Crippen LogP contribution is -2.28. The Labute approximate surface area is 224 Å². The second-order valence-electron chi connectivity index (χ2n) is 8.86. The van der Waals surface area contributed by atoms with Crippen LogP contribution in [0.3, 0.4) is 0 Å². The molecule has 0 spiro atoms. The van der Waals surface area contributed by atoms with Crippen LogP contribution in [0, 0.1) is 15.9 Å². The Hall–Kier alpha value is -4.05. The lowest BCUT2D eigenvalue weighted by molar-refractivity contribution is -0.384. The average molecular weight is 534 g/mol. The quantitative estimate of drug-likeness (QED) is 0.135. The summed E-state index contributed by atoms with van der Waals surface area (Å²) in [6, 6.07) is 19.3. The number of nitrogens with one attached hydrogen (secondary N) is 1. The van der Waals surface area contributed by atoms with Gasteiger partial charge in [-0.05, 0) is 67.3 Å². The van der Waals surface area contributed by atoms with Gasteiger partial charge in [0.2, 0.25) is 0 Å². The number of unbranched alkanes of at least 4 members (excludes halogenated alkanes) is 1. The molecule has 1 amide bonds. The van der Waals surface area contributed by atoms with Gasteiger partial charge < -0.3 is 5.32 Å². The molecule has 4 aromatic rings. The van der Waals surface area contributed by atoms with Crippen molar-refractivity contribution in [3.05, 3.63) is 111 Å². The van der Waals surface area contributed by atoms with E-state index in [1.165, 1.54) is 41.6 Å². The fraction of sp³-hybridized carbons (Fsp3) is 0.250. The molecule has 4 rings (SSSR count). The van der Waals surface area contributed by atoms with Crippen molar-refractivity contribution in [2.75, 3.05) is 0 Å². The molecule has 0 bridgehead atoms. The standard InChI is InChI=1S/C28H28FN5O3S/c1-3-4-5-20-6-10-22(11-7-20)27(35)30-19(2)26-31-32-28(38-18-21-8-12-23(29)13-9-21)33(26)24-14-16-25(17-15-24)34(36)37/h6-17,19H,3-5,18H2,1-2H3,(H,30,35). The number of benzene rings is 3. The predicted octanol–water partition coefficient (Wildman–Crippen LogP) is 6.44. The lowest BCUT2D eigenvalue weighted by Gasteiger charge is -2.16. The van der Waals surface area contributed by atoms with Gasteiger partial charge in [-0.15, -0.1) is 10.2 Å². The van der Waals surface area contributed by atoms with Crippen molar-refractivity contribution in [2.24, 2.45) is 0 Å². The number of amides is 1. The van der Waals surface area contributed by atoms with Crippen molar-refractivity contribution < 1.29 is 14.1 Å². The zero-order chi connectivity index (χ0) is 27.1. The first kappa shape index (κ1) is 27.0. The van der Waals surface area contributed by atoms with E-state index in [9.17, 15) is 19.3 Å². The van der Waals surface area contributed by atoms with Crippen molar-refractivity contribution in [1.29, 1.82) is 0 Å². The number of nitro groups is 1. The maximum Gasteiger partial charge on any atom is 0.269 e. The SMILES string of the molecule is CCCCc1ccc(C(=O)NC(C)c2nnc(SCc3ccc(F)cc3)n2-c2ccc([N+](=O)[O-])cc2)cc1. The smallest absolute Gasteiger partial charge is 0.269 e. The number of hydrogen-bond acceptors (Lipinski definition) is 6. The van der Waals surface area contributed by atoms with Gasteiger partial charge in [0.1, 0.15) is 5.82 Å². The van der Waals surface area contributed by atoms with Crippen LogP contribution in [0.2, 0.25) is 0 Å². The molecule has 1 N–H and O–H groups in total. The van der Waals surface area contributed by atoms with Crippen LogP contribution in [-0.2, 0) is 12.2 Å². The molecule has 1 atom stereocenters. The summed E-state index contributed by atoms with van der Waals surface area (Å²) in [5.41, 5.74) is 3.23. The number of aromatic nitrogens is 3. The van der Waals surface area contributed by atoms with Crippen molar-refractivity contribution in [3.8, 4) is 5.69 Å². The number of halogens is 1. The van der Waals surface area contributed by atoms with Gasteiger partial charge in [-0.3, -0.25) is 19.5 Å². The first-order valence-corrected chi connectivity index (χ1v) is 13.3. The second-order valence-corrected chi connectivity index (χ2v) is 9.80. The molecule has 0 aliphatic heterocycles. The van der Waals surface area contributed by atoms with Gasteiger partial charge in [0.05, 0.1) is 11.0 Å². The van der Waals surface area contributed by atoms with Crippen molar-refractivity contribution >= 4 is 23.4 Å². The molecule has 196 valence electrons. The van der Waals surface area contributed by atoms with Gasteiger partial charge in [-0.25, -0.2) is 4.39 Å². The minimum Gasteiger partial charge on any atom is -0.342 e. The Morgan fingerprint density at radius 2 is 1.68 bits per heavy atom. The van der Waals surface area contributed by atoms with Gasteiger partial charge in [0.25, 0.3) is 11.6 Å². The predicted molar refractivity (Wildman–Crippen MR) is 145 cm³/mol. The van der Waals surface area contributed by atoms with Gasteiger partial charge >= 0.3 is 0 Å². The average Bonchev–Trinajstić information content (AvgIpc) is 3.36. The molecule has 0 aliphatic carbocycles. The second kappa shape index (κ2) is 12.5. The molecule has 1 unspecified atom stereocenters. The van der Waals surface area contributed by atoms with Gasteiger partial charge in [0.15, 0.2) is 11.0 Å². The summed E-state index contributed by atoms with van der Waals surface area (Å²) in [6.45, 7) is 3.96. The number of nitro benzene ring substituents is 1. The number of rotatable bonds is 11. The highest BCUT2D eigenvalue weighted by Crippen LogP contribution is 2.28. The topological polar surface area (TPSA) is 103 Å². The maximum absolute atomic E-state index is 13.3. The van der Waals surface area contributed by atoms with Gasteiger partial charge in [-0.2, -0.15) is 0 Å². The monoisotopic (exact) mass is 533 g/mol. The molecular formula is C28H28FN5O3S. The number of carbonyl (C=O) groups is 1. The van der Waals surface area contributed by atoms with E-state index >= 15 is 0 Å². The highest BCUT2D eigenvalue weighted by Gasteiger charge is 2.22. The van der Waals surface area contributed by atoms with E-state index in [-0.39, 0.29) is 17.4 Å². The number of nitrogens with zero attached hydrogens (tertiary/aromatic N) is 4. The van der Waals surface area contributed by atoms with Crippen LogP contribution in [-0.4, -0.2) is 25.6 Å². The largest absolute Gasteiger partial charge is 0.342 e. The summed E-state index contributed by atoms with van der Waals surface area (Å²) in [6.07, 6.45) is 3.19. The Balaban J connectivity index is 1.57. The molecule has 3 aromatic carbocycles. The fourth-order valence-electron chi connectivity index (χ4n) is 3.90. The normalized spacial score (nSPS) is 11.8. The number of hydrogen-bond donors (Lipinski definition) is 1. The number of thioether (sulfide) groups is 1. The Bertz CT molecular complexity index is 1390. The van der Waals surface area contributed by atoms with E-state index in [2.05, 4.69) is 22.4 Å². The zero-order valence-corrected chi connectivity index (χ0v) is 22.0. The summed E-state index contributed by atoms with van der Waals surface area (Å²) < 4.78 is 15.1. The molecule has 0 saturated carbocycles.